The molecule has 2 fully saturated rings. The van der Waals surface area contributed by atoms with Crippen LogP contribution in [0, 0.1) is 11.8 Å². The molecule has 5 nitrogen and oxygen atoms in total. The van der Waals surface area contributed by atoms with Crippen molar-refractivity contribution in [1.82, 2.24) is 5.23 Å². The predicted molar refractivity (Wildman–Crippen MR) is 126 cm³/mol. The molecule has 0 unspecified atom stereocenters. The van der Waals surface area contributed by atoms with Crippen LogP contribution in [0.2, 0.25) is 0 Å². The minimum Gasteiger partial charge on any atom is -0.390 e. The van der Waals surface area contributed by atoms with E-state index in [9.17, 15) is 10.2 Å². The molecule has 0 heterocycles. The fraction of sp³-hybridized carbons (Fsp3) is 0.769. The number of hydrogen-bond acceptors (Lipinski definition) is 5. The summed E-state index contributed by atoms with van der Waals surface area (Å²) < 4.78 is 0. The molecule has 0 radical (unpaired) electrons. The summed E-state index contributed by atoms with van der Waals surface area (Å²) in [4.78, 5) is 0. The van der Waals surface area contributed by atoms with Crippen LogP contribution in [-0.4, -0.2) is 43.6 Å². The summed E-state index contributed by atoms with van der Waals surface area (Å²) in [7, 11) is 0. The summed E-state index contributed by atoms with van der Waals surface area (Å²) in [5.74, 6) is 1.11. The fourth-order valence-corrected chi connectivity index (χ4v) is 4.49. The Kier molecular flexibility index (Phi) is 12.9. The number of hydrogen-bond donors (Lipinski definition) is 4. The van der Waals surface area contributed by atoms with E-state index in [1.165, 1.54) is 64.2 Å². The first kappa shape index (κ1) is 28.1. The number of nitrogens with zero attached hydrogens (tertiary/aromatic N) is 1. The second-order valence-corrected chi connectivity index (χ2v) is 10.3. The van der Waals surface area contributed by atoms with Crippen molar-refractivity contribution in [3.63, 3.8) is 0 Å². The molecule has 0 aliphatic heterocycles. The van der Waals surface area contributed by atoms with Gasteiger partial charge in [0.2, 0.25) is 0 Å². The van der Waals surface area contributed by atoms with Crippen LogP contribution in [0.5, 0.6) is 0 Å². The van der Waals surface area contributed by atoms with Gasteiger partial charge in [-0.3, -0.25) is 10.4 Å². The first-order valence-corrected chi connectivity index (χ1v) is 12.1. The molecule has 0 saturated heterocycles. The van der Waals surface area contributed by atoms with Crippen LogP contribution >= 0.6 is 0 Å². The van der Waals surface area contributed by atoms with Crippen molar-refractivity contribution in [2.75, 3.05) is 6.54 Å². The number of rotatable bonds is 5. The Morgan fingerprint density at radius 1 is 0.710 bits per heavy atom. The monoisotopic (exact) mass is 437 g/mol. The van der Waals surface area contributed by atoms with Gasteiger partial charge >= 0.3 is 0 Å². The van der Waals surface area contributed by atoms with Crippen LogP contribution in [-0.2, 0) is 6.42 Å². The van der Waals surface area contributed by atoms with E-state index in [1.807, 2.05) is 58.0 Å². The summed E-state index contributed by atoms with van der Waals surface area (Å²) in [6.45, 7) is 7.97. The van der Waals surface area contributed by atoms with Gasteiger partial charge in [-0.25, -0.2) is 0 Å². The Labute approximate surface area is 190 Å². The molecule has 180 valence electrons. The van der Waals surface area contributed by atoms with Crippen LogP contribution < -0.4 is 0 Å². The zero-order valence-electron chi connectivity index (χ0n) is 20.3. The number of hydroxylamine groups is 2. The van der Waals surface area contributed by atoms with E-state index in [0.29, 0.717) is 18.3 Å². The van der Waals surface area contributed by atoms with Gasteiger partial charge in [0, 0.05) is 0 Å². The van der Waals surface area contributed by atoms with Gasteiger partial charge in [0.25, 0.3) is 0 Å². The van der Waals surface area contributed by atoms with Gasteiger partial charge in [0.15, 0.2) is 0 Å². The number of aliphatic hydroxyl groups is 2. The zero-order chi connectivity index (χ0) is 23.3. The smallest absolute Gasteiger partial charge is 0.0619 e. The third kappa shape index (κ3) is 13.2. The standard InChI is InChI=1S/2C9H18O.C8H11NO2/c2*1-9(2,10)8-6-4-3-5-7-8;10-9(11)7-6-8-4-2-1-3-5-8/h2*8,10H,3-7H2,1-2H3;1-5,10-11H,6-7H2. The molecule has 0 aromatic heterocycles. The Morgan fingerprint density at radius 3 is 1.39 bits per heavy atom. The third-order valence-corrected chi connectivity index (χ3v) is 6.65. The molecule has 0 bridgehead atoms. The largest absolute Gasteiger partial charge is 0.390 e. The van der Waals surface area contributed by atoms with Gasteiger partial charge in [0.1, 0.15) is 0 Å². The van der Waals surface area contributed by atoms with Crippen LogP contribution in [0.1, 0.15) is 97.5 Å². The predicted octanol–water partition coefficient (Wildman–Crippen LogP) is 5.98. The molecule has 0 amide bonds. The molecule has 3 rings (SSSR count). The normalized spacial score (nSPS) is 18.6. The van der Waals surface area contributed by atoms with Gasteiger partial charge < -0.3 is 10.2 Å². The average Bonchev–Trinajstić information content (AvgIpc) is 2.74. The van der Waals surface area contributed by atoms with Crippen LogP contribution in [0.25, 0.3) is 0 Å². The molecule has 31 heavy (non-hydrogen) atoms. The first-order chi connectivity index (χ1) is 14.5. The van der Waals surface area contributed by atoms with Gasteiger partial charge in [-0.2, -0.15) is 0 Å². The van der Waals surface area contributed by atoms with Gasteiger partial charge in [0.05, 0.1) is 17.7 Å². The maximum absolute atomic E-state index is 9.64. The number of benzene rings is 1. The minimum absolute atomic E-state index is 0.201. The van der Waals surface area contributed by atoms with Gasteiger partial charge in [-0.15, -0.1) is 0 Å². The molecule has 2 aliphatic rings. The highest BCUT2D eigenvalue weighted by Gasteiger charge is 2.28. The Morgan fingerprint density at radius 2 is 1.10 bits per heavy atom. The lowest BCUT2D eigenvalue weighted by Gasteiger charge is -2.32. The van der Waals surface area contributed by atoms with E-state index in [1.54, 1.807) is 0 Å². The maximum atomic E-state index is 9.64. The van der Waals surface area contributed by atoms with E-state index in [4.69, 9.17) is 10.4 Å². The van der Waals surface area contributed by atoms with Gasteiger partial charge in [-0.05, 0) is 77.2 Å². The molecular weight excluding hydrogens is 390 g/mol. The molecule has 4 N–H and O–H groups in total. The Bertz CT molecular complexity index is 523. The second kappa shape index (κ2) is 14.2. The van der Waals surface area contributed by atoms with Crippen molar-refractivity contribution in [1.29, 1.82) is 0 Å². The van der Waals surface area contributed by atoms with Crippen molar-refractivity contribution in [2.45, 2.75) is 110 Å². The molecule has 2 saturated carbocycles. The van der Waals surface area contributed by atoms with Crippen molar-refractivity contribution in [3.05, 3.63) is 35.9 Å². The van der Waals surface area contributed by atoms with E-state index >= 15 is 0 Å². The molecular formula is C26H47NO4. The van der Waals surface area contributed by atoms with Crippen molar-refractivity contribution in [2.24, 2.45) is 11.8 Å². The summed E-state index contributed by atoms with van der Waals surface area (Å²) in [5, 5.41) is 36.3. The quantitative estimate of drug-likeness (QED) is 0.426. The molecule has 1 aromatic carbocycles. The van der Waals surface area contributed by atoms with E-state index < -0.39 is 11.2 Å². The Balaban J connectivity index is 0.000000233. The third-order valence-electron chi connectivity index (χ3n) is 6.65. The molecule has 5 heteroatoms. The zero-order valence-corrected chi connectivity index (χ0v) is 20.3. The Hall–Kier alpha value is -0.980. The fourth-order valence-electron chi connectivity index (χ4n) is 4.49. The first-order valence-electron chi connectivity index (χ1n) is 12.1. The maximum Gasteiger partial charge on any atom is 0.0619 e. The van der Waals surface area contributed by atoms with Crippen LogP contribution in [0.3, 0.4) is 0 Å². The molecule has 2 aliphatic carbocycles. The van der Waals surface area contributed by atoms with Gasteiger partial charge in [-0.1, -0.05) is 74.1 Å². The van der Waals surface area contributed by atoms with Crippen molar-refractivity contribution >= 4 is 0 Å². The highest BCUT2D eigenvalue weighted by Crippen LogP contribution is 2.32. The molecule has 0 spiro atoms. The highest BCUT2D eigenvalue weighted by atomic mass is 16.8. The minimum atomic E-state index is -0.430. The van der Waals surface area contributed by atoms with Crippen LogP contribution in [0.4, 0.5) is 0 Å². The molecule has 1 aromatic rings. The lowest BCUT2D eigenvalue weighted by atomic mass is 9.79. The highest BCUT2D eigenvalue weighted by molar-refractivity contribution is 5.14. The van der Waals surface area contributed by atoms with E-state index in [-0.39, 0.29) is 11.8 Å². The SMILES string of the molecule is CC(C)(O)C1CCCCC1.CC(C)(O)C1CCCCC1.ON(O)CCc1ccccc1. The summed E-state index contributed by atoms with van der Waals surface area (Å²) >= 11 is 0. The summed E-state index contributed by atoms with van der Waals surface area (Å²) in [5.41, 5.74) is 0.238. The topological polar surface area (TPSA) is 84.2 Å². The van der Waals surface area contributed by atoms with E-state index in [2.05, 4.69) is 0 Å². The van der Waals surface area contributed by atoms with Crippen LogP contribution in [0.15, 0.2) is 30.3 Å². The second-order valence-electron chi connectivity index (χ2n) is 10.3. The average molecular weight is 438 g/mol. The van der Waals surface area contributed by atoms with E-state index in [0.717, 1.165) is 5.56 Å². The van der Waals surface area contributed by atoms with Crippen molar-refractivity contribution in [3.8, 4) is 0 Å². The lowest BCUT2D eigenvalue weighted by Crippen LogP contribution is -2.32. The molecule has 0 atom stereocenters. The lowest BCUT2D eigenvalue weighted by molar-refractivity contribution is -0.305. The summed E-state index contributed by atoms with van der Waals surface area (Å²) in [6.07, 6.45) is 13.5. The van der Waals surface area contributed by atoms with Crippen molar-refractivity contribution < 1.29 is 20.6 Å². The summed E-state index contributed by atoms with van der Waals surface area (Å²) in [6, 6.07) is 9.68.